The summed E-state index contributed by atoms with van der Waals surface area (Å²) >= 11 is 0. The average Bonchev–Trinajstić information content (AvgIpc) is 2.22. The quantitative estimate of drug-likeness (QED) is 0.366. The van der Waals surface area contributed by atoms with Crippen molar-refractivity contribution >= 4 is 11.8 Å². The minimum absolute atomic E-state index is 0.0622. The van der Waals surface area contributed by atoms with Crippen molar-refractivity contribution in [3.8, 4) is 0 Å². The first-order chi connectivity index (χ1) is 6.91. The highest BCUT2D eigenvalue weighted by Crippen LogP contribution is 2.00. The number of ketones is 1. The number of hydrogen-bond acceptors (Lipinski definition) is 4. The molecule has 2 amide bonds. The van der Waals surface area contributed by atoms with E-state index in [9.17, 15) is 9.59 Å². The number of Topliss-reactive ketones (excluding diaryl/α,β-unsaturated/α-hetero) is 1. The highest BCUT2D eigenvalue weighted by Gasteiger charge is 2.22. The largest absolute Gasteiger partial charge is 0.334 e. The molecule has 6 heteroatoms. The van der Waals surface area contributed by atoms with Gasteiger partial charge in [-0.15, -0.1) is 0 Å². The van der Waals surface area contributed by atoms with E-state index >= 15 is 0 Å². The summed E-state index contributed by atoms with van der Waals surface area (Å²) in [6.07, 6.45) is 0. The Morgan fingerprint density at radius 2 is 2.00 bits per heavy atom. The van der Waals surface area contributed by atoms with E-state index in [1.54, 1.807) is 21.0 Å². The Bertz CT molecular complexity index is 232. The van der Waals surface area contributed by atoms with Gasteiger partial charge in [0.2, 0.25) is 0 Å². The molecule has 0 aromatic heterocycles. The first-order valence-corrected chi connectivity index (χ1v) is 4.85. The number of amides is 2. The third-order valence-corrected chi connectivity index (χ3v) is 2.32. The van der Waals surface area contributed by atoms with Gasteiger partial charge < -0.3 is 10.2 Å². The van der Waals surface area contributed by atoms with Crippen molar-refractivity contribution in [2.24, 2.45) is 5.84 Å². The highest BCUT2D eigenvalue weighted by atomic mass is 16.2. The van der Waals surface area contributed by atoms with E-state index in [0.29, 0.717) is 13.1 Å². The van der Waals surface area contributed by atoms with Gasteiger partial charge in [-0.3, -0.25) is 9.80 Å². The summed E-state index contributed by atoms with van der Waals surface area (Å²) in [5.41, 5.74) is 0. The Morgan fingerprint density at radius 1 is 1.47 bits per heavy atom. The molecule has 0 aromatic rings. The number of urea groups is 1. The van der Waals surface area contributed by atoms with Crippen LogP contribution in [-0.4, -0.2) is 54.9 Å². The molecule has 0 rings (SSSR count). The fraction of sp³-hybridized carbons (Fsp3) is 0.778. The van der Waals surface area contributed by atoms with Crippen LogP contribution in [0.2, 0.25) is 0 Å². The van der Waals surface area contributed by atoms with Gasteiger partial charge in [0.1, 0.15) is 0 Å². The molecular weight excluding hydrogens is 196 g/mol. The van der Waals surface area contributed by atoms with Gasteiger partial charge in [0, 0.05) is 13.6 Å². The summed E-state index contributed by atoms with van der Waals surface area (Å²) in [5, 5.41) is 3.98. The number of nitrogens with zero attached hydrogens (tertiary/aromatic N) is 2. The van der Waals surface area contributed by atoms with E-state index in [2.05, 4.69) is 5.32 Å². The minimum atomic E-state index is -0.446. The molecule has 88 valence electrons. The second kappa shape index (κ2) is 6.36. The van der Waals surface area contributed by atoms with Crippen molar-refractivity contribution in [1.82, 2.24) is 15.2 Å². The number of nitrogens with one attached hydrogen (secondary N) is 1. The molecule has 0 radical (unpaired) electrons. The van der Waals surface area contributed by atoms with Crippen LogP contribution in [0, 0.1) is 0 Å². The predicted molar refractivity (Wildman–Crippen MR) is 58.1 cm³/mol. The zero-order chi connectivity index (χ0) is 12.0. The van der Waals surface area contributed by atoms with Gasteiger partial charge in [0.05, 0.1) is 12.6 Å². The summed E-state index contributed by atoms with van der Waals surface area (Å²) < 4.78 is 0. The van der Waals surface area contributed by atoms with Crippen LogP contribution in [0.5, 0.6) is 0 Å². The molecule has 3 N–H and O–H groups in total. The van der Waals surface area contributed by atoms with Crippen molar-refractivity contribution in [2.45, 2.75) is 19.9 Å². The van der Waals surface area contributed by atoms with Gasteiger partial charge in [0.15, 0.2) is 5.78 Å². The molecule has 15 heavy (non-hydrogen) atoms. The molecule has 0 fully saturated rings. The Hall–Kier alpha value is -1.14. The maximum Gasteiger partial charge on any atom is 0.334 e. The first kappa shape index (κ1) is 13.9. The Balaban J connectivity index is 4.24. The summed E-state index contributed by atoms with van der Waals surface area (Å²) in [6, 6.07) is -0.800. The Labute approximate surface area is 90.4 Å². The summed E-state index contributed by atoms with van der Waals surface area (Å²) in [6.45, 7) is 4.14. The van der Waals surface area contributed by atoms with Crippen molar-refractivity contribution in [2.75, 3.05) is 27.2 Å². The minimum Gasteiger partial charge on any atom is -0.318 e. The van der Waals surface area contributed by atoms with Gasteiger partial charge in [-0.25, -0.2) is 10.6 Å². The maximum absolute atomic E-state index is 11.6. The number of nitrogens with two attached hydrogens (primary N) is 1. The van der Waals surface area contributed by atoms with E-state index in [0.717, 1.165) is 5.01 Å². The van der Waals surface area contributed by atoms with Crippen LogP contribution in [0.25, 0.3) is 0 Å². The van der Waals surface area contributed by atoms with E-state index in [1.165, 1.54) is 11.8 Å². The molecule has 0 bridgehead atoms. The van der Waals surface area contributed by atoms with Gasteiger partial charge >= 0.3 is 6.03 Å². The molecule has 0 saturated heterocycles. The molecule has 6 nitrogen and oxygen atoms in total. The normalized spacial score (nSPS) is 12.1. The topological polar surface area (TPSA) is 78.7 Å². The highest BCUT2D eigenvalue weighted by molar-refractivity contribution is 5.86. The average molecular weight is 216 g/mol. The van der Waals surface area contributed by atoms with Crippen LogP contribution in [0.3, 0.4) is 0 Å². The third kappa shape index (κ3) is 4.26. The summed E-state index contributed by atoms with van der Waals surface area (Å²) in [5.74, 6) is 5.47. The van der Waals surface area contributed by atoms with Crippen LogP contribution in [0.1, 0.15) is 13.8 Å². The Kier molecular flexibility index (Phi) is 5.88. The van der Waals surface area contributed by atoms with E-state index in [1.807, 2.05) is 0 Å². The lowest BCUT2D eigenvalue weighted by atomic mass is 10.2. The van der Waals surface area contributed by atoms with Gasteiger partial charge in [-0.2, -0.15) is 0 Å². The number of carbonyl (C=O) groups excluding carboxylic acids is 2. The zero-order valence-corrected chi connectivity index (χ0v) is 9.78. The number of hydrogen-bond donors (Lipinski definition) is 2. The second-order valence-electron chi connectivity index (χ2n) is 3.48. The molecular formula is C9H20N4O2. The standard InChI is InChI=1S/C9H20N4O2/c1-7(8(2)14)12(4)9(15)13(10)6-5-11-3/h7,11H,5-6,10H2,1-4H3. The predicted octanol–water partition coefficient (Wildman–Crippen LogP) is -0.589. The van der Waals surface area contributed by atoms with Crippen molar-refractivity contribution in [1.29, 1.82) is 0 Å². The van der Waals surface area contributed by atoms with Crippen LogP contribution in [-0.2, 0) is 4.79 Å². The van der Waals surface area contributed by atoms with E-state index in [-0.39, 0.29) is 11.8 Å². The smallest absolute Gasteiger partial charge is 0.318 e. The molecule has 0 aromatic carbocycles. The van der Waals surface area contributed by atoms with Crippen molar-refractivity contribution in [3.63, 3.8) is 0 Å². The maximum atomic E-state index is 11.6. The van der Waals surface area contributed by atoms with Gasteiger partial charge in [-0.05, 0) is 20.9 Å². The molecule has 0 heterocycles. The number of rotatable bonds is 5. The lowest BCUT2D eigenvalue weighted by Crippen LogP contribution is -2.51. The molecule has 0 aliphatic rings. The van der Waals surface area contributed by atoms with Crippen molar-refractivity contribution in [3.05, 3.63) is 0 Å². The Morgan fingerprint density at radius 3 is 2.40 bits per heavy atom. The first-order valence-electron chi connectivity index (χ1n) is 4.85. The number of carbonyl (C=O) groups is 2. The molecule has 0 aliphatic heterocycles. The second-order valence-corrected chi connectivity index (χ2v) is 3.48. The molecule has 1 atom stereocenters. The number of likely N-dealkylation sites (N-methyl/N-ethyl adjacent to an activating group) is 2. The van der Waals surface area contributed by atoms with E-state index < -0.39 is 6.04 Å². The lowest BCUT2D eigenvalue weighted by Gasteiger charge is -2.27. The monoisotopic (exact) mass is 216 g/mol. The van der Waals surface area contributed by atoms with E-state index in [4.69, 9.17) is 5.84 Å². The van der Waals surface area contributed by atoms with Crippen LogP contribution < -0.4 is 11.2 Å². The third-order valence-electron chi connectivity index (χ3n) is 2.32. The SMILES string of the molecule is CNCCN(N)C(=O)N(C)C(C)C(C)=O. The molecule has 0 saturated carbocycles. The fourth-order valence-electron chi connectivity index (χ4n) is 0.969. The number of hydrazine groups is 1. The van der Waals surface area contributed by atoms with Crippen LogP contribution in [0.4, 0.5) is 4.79 Å². The summed E-state index contributed by atoms with van der Waals surface area (Å²) in [7, 11) is 3.34. The van der Waals surface area contributed by atoms with Gasteiger partial charge in [-0.1, -0.05) is 0 Å². The molecule has 1 unspecified atom stereocenters. The fourth-order valence-corrected chi connectivity index (χ4v) is 0.969. The molecule has 0 aliphatic carbocycles. The van der Waals surface area contributed by atoms with Gasteiger partial charge in [0.25, 0.3) is 0 Å². The lowest BCUT2D eigenvalue weighted by molar-refractivity contribution is -0.120. The van der Waals surface area contributed by atoms with Crippen LogP contribution >= 0.6 is 0 Å². The van der Waals surface area contributed by atoms with Crippen LogP contribution in [0.15, 0.2) is 0 Å². The zero-order valence-electron chi connectivity index (χ0n) is 9.78. The van der Waals surface area contributed by atoms with Crippen molar-refractivity contribution < 1.29 is 9.59 Å². The molecule has 0 spiro atoms. The summed E-state index contributed by atoms with van der Waals surface area (Å²) in [4.78, 5) is 24.0.